The maximum absolute atomic E-state index is 11.4. The molecule has 118 valence electrons. The minimum Gasteiger partial charge on any atom is -0.497 e. The molecule has 0 atom stereocenters. The van der Waals surface area contributed by atoms with Crippen molar-refractivity contribution >= 4 is 17.2 Å². The number of nitrogens with zero attached hydrogens (tertiary/aromatic N) is 4. The first-order chi connectivity index (χ1) is 11.1. The molecule has 1 amide bonds. The van der Waals surface area contributed by atoms with Gasteiger partial charge in [0.05, 0.1) is 25.2 Å². The number of nitrogens with two attached hydrogens (primary N) is 1. The lowest BCUT2D eigenvalue weighted by molar-refractivity contribution is 0.0993. The van der Waals surface area contributed by atoms with Crippen LogP contribution in [-0.4, -0.2) is 34.7 Å². The van der Waals surface area contributed by atoms with E-state index in [0.29, 0.717) is 12.2 Å². The van der Waals surface area contributed by atoms with Gasteiger partial charge in [-0.05, 0) is 23.8 Å². The summed E-state index contributed by atoms with van der Waals surface area (Å²) in [6.45, 7) is 0.683. The van der Waals surface area contributed by atoms with Crippen molar-refractivity contribution in [1.82, 2.24) is 14.6 Å². The molecular formula is C16H17N5O2. The summed E-state index contributed by atoms with van der Waals surface area (Å²) in [6.07, 6.45) is 3.07. The third kappa shape index (κ3) is 2.80. The number of methoxy groups -OCH3 is 1. The molecule has 0 aliphatic carbocycles. The van der Waals surface area contributed by atoms with E-state index in [0.717, 1.165) is 17.0 Å². The number of carbonyl (C=O) groups is 1. The quantitative estimate of drug-likeness (QED) is 0.771. The summed E-state index contributed by atoms with van der Waals surface area (Å²) in [5, 5.41) is 4.15. The molecule has 7 heteroatoms. The summed E-state index contributed by atoms with van der Waals surface area (Å²) in [6, 6.07) is 9.72. The van der Waals surface area contributed by atoms with Crippen LogP contribution in [0.3, 0.4) is 0 Å². The molecular weight excluding hydrogens is 294 g/mol. The van der Waals surface area contributed by atoms with Crippen LogP contribution in [0.5, 0.6) is 5.75 Å². The molecule has 0 saturated heterocycles. The minimum absolute atomic E-state index is 0.264. The molecule has 23 heavy (non-hydrogen) atoms. The lowest BCUT2D eigenvalue weighted by Gasteiger charge is -2.19. The number of benzene rings is 1. The topological polar surface area (TPSA) is 85.8 Å². The Balaban J connectivity index is 1.91. The average molecular weight is 311 g/mol. The van der Waals surface area contributed by atoms with Gasteiger partial charge in [-0.25, -0.2) is 9.50 Å². The summed E-state index contributed by atoms with van der Waals surface area (Å²) in [5.74, 6) is 0.266. The van der Waals surface area contributed by atoms with Crippen LogP contribution in [0.15, 0.2) is 42.7 Å². The fraction of sp³-hybridized carbons (Fsp3) is 0.188. The maximum atomic E-state index is 11.4. The Morgan fingerprint density at radius 2 is 2.04 bits per heavy atom. The molecule has 7 nitrogen and oxygen atoms in total. The van der Waals surface area contributed by atoms with E-state index in [1.54, 1.807) is 13.3 Å². The van der Waals surface area contributed by atoms with Crippen LogP contribution < -0.4 is 15.4 Å². The lowest BCUT2D eigenvalue weighted by atomic mass is 10.2. The Labute approximate surface area is 133 Å². The van der Waals surface area contributed by atoms with E-state index in [1.165, 1.54) is 10.7 Å². The highest BCUT2D eigenvalue weighted by molar-refractivity contribution is 5.92. The van der Waals surface area contributed by atoms with E-state index in [1.807, 2.05) is 42.3 Å². The zero-order chi connectivity index (χ0) is 16.4. The number of carbonyl (C=O) groups excluding carboxylic acids is 1. The van der Waals surface area contributed by atoms with Crippen molar-refractivity contribution < 1.29 is 9.53 Å². The number of primary amides is 1. The Hall–Kier alpha value is -3.09. The zero-order valence-corrected chi connectivity index (χ0v) is 12.9. The van der Waals surface area contributed by atoms with Gasteiger partial charge in [-0.2, -0.15) is 5.10 Å². The van der Waals surface area contributed by atoms with Gasteiger partial charge in [0, 0.05) is 13.6 Å². The fourth-order valence-corrected chi connectivity index (χ4v) is 2.44. The molecule has 0 spiro atoms. The molecule has 0 radical (unpaired) electrons. The maximum Gasteiger partial charge on any atom is 0.269 e. The molecule has 2 heterocycles. The van der Waals surface area contributed by atoms with Crippen molar-refractivity contribution in [2.75, 3.05) is 19.1 Å². The third-order valence-electron chi connectivity index (χ3n) is 3.62. The normalized spacial score (nSPS) is 10.7. The smallest absolute Gasteiger partial charge is 0.269 e. The van der Waals surface area contributed by atoms with Crippen LogP contribution in [0, 0.1) is 0 Å². The molecule has 0 aliphatic rings. The van der Waals surface area contributed by atoms with Gasteiger partial charge in [-0.3, -0.25) is 4.79 Å². The molecule has 2 N–H and O–H groups in total. The first kappa shape index (κ1) is 14.8. The number of anilines is 1. The summed E-state index contributed by atoms with van der Waals surface area (Å²) in [7, 11) is 3.60. The van der Waals surface area contributed by atoms with Gasteiger partial charge in [0.1, 0.15) is 11.4 Å². The van der Waals surface area contributed by atoms with E-state index in [9.17, 15) is 4.79 Å². The number of imidazole rings is 1. The van der Waals surface area contributed by atoms with Gasteiger partial charge in [-0.15, -0.1) is 0 Å². The molecule has 3 rings (SSSR count). The van der Waals surface area contributed by atoms with Crippen molar-refractivity contribution in [2.24, 2.45) is 5.73 Å². The number of ether oxygens (including phenoxy) is 1. The minimum atomic E-state index is -0.556. The van der Waals surface area contributed by atoms with E-state index >= 15 is 0 Å². The van der Waals surface area contributed by atoms with Crippen LogP contribution in [0.2, 0.25) is 0 Å². The van der Waals surface area contributed by atoms with Crippen molar-refractivity contribution in [3.05, 3.63) is 54.0 Å². The van der Waals surface area contributed by atoms with Gasteiger partial charge >= 0.3 is 0 Å². The molecule has 1 aromatic carbocycles. The second-order valence-corrected chi connectivity index (χ2v) is 5.16. The number of hydrogen-bond donors (Lipinski definition) is 1. The van der Waals surface area contributed by atoms with Crippen LogP contribution in [0.1, 0.15) is 16.1 Å². The molecule has 0 aliphatic heterocycles. The molecule has 0 saturated carbocycles. The van der Waals surface area contributed by atoms with Crippen molar-refractivity contribution in [1.29, 1.82) is 0 Å². The molecule has 0 unspecified atom stereocenters. The number of rotatable bonds is 5. The highest BCUT2D eigenvalue weighted by Crippen LogP contribution is 2.21. The van der Waals surface area contributed by atoms with Gasteiger partial charge in [0.15, 0.2) is 5.65 Å². The SMILES string of the molecule is COc1ccc(CN(C)c2ccnn3c(C(N)=O)cnc23)cc1. The van der Waals surface area contributed by atoms with Crippen molar-refractivity contribution in [2.45, 2.75) is 6.54 Å². The van der Waals surface area contributed by atoms with E-state index in [4.69, 9.17) is 10.5 Å². The first-order valence-corrected chi connectivity index (χ1v) is 7.07. The van der Waals surface area contributed by atoms with Crippen molar-refractivity contribution in [3.8, 4) is 5.75 Å². The zero-order valence-electron chi connectivity index (χ0n) is 12.9. The van der Waals surface area contributed by atoms with Crippen LogP contribution >= 0.6 is 0 Å². The Kier molecular flexibility index (Phi) is 3.84. The number of amides is 1. The lowest BCUT2D eigenvalue weighted by Crippen LogP contribution is -2.19. The predicted molar refractivity (Wildman–Crippen MR) is 86.6 cm³/mol. The Morgan fingerprint density at radius 1 is 1.30 bits per heavy atom. The molecule has 0 fully saturated rings. The summed E-state index contributed by atoms with van der Waals surface area (Å²) in [4.78, 5) is 17.7. The number of fused-ring (bicyclic) bond motifs is 1. The molecule has 0 bridgehead atoms. The molecule has 3 aromatic rings. The number of aromatic nitrogens is 3. The van der Waals surface area contributed by atoms with Gasteiger partial charge in [-0.1, -0.05) is 12.1 Å². The first-order valence-electron chi connectivity index (χ1n) is 7.07. The standard InChI is InChI=1S/C16H17N5O2/c1-20(10-11-3-5-12(23-2)6-4-11)13-7-8-19-21-14(15(17)22)9-18-16(13)21/h3-9H,10H2,1-2H3,(H2,17,22). The van der Waals surface area contributed by atoms with Crippen LogP contribution in [0.4, 0.5) is 5.69 Å². The van der Waals surface area contributed by atoms with Crippen LogP contribution in [-0.2, 0) is 6.54 Å². The van der Waals surface area contributed by atoms with Gasteiger partial charge in [0.25, 0.3) is 5.91 Å². The summed E-state index contributed by atoms with van der Waals surface area (Å²) < 4.78 is 6.62. The largest absolute Gasteiger partial charge is 0.497 e. The van der Waals surface area contributed by atoms with Gasteiger partial charge in [0.2, 0.25) is 0 Å². The summed E-state index contributed by atoms with van der Waals surface area (Å²) >= 11 is 0. The monoisotopic (exact) mass is 311 g/mol. The predicted octanol–water partition coefficient (Wildman–Crippen LogP) is 1.47. The average Bonchev–Trinajstić information content (AvgIpc) is 2.99. The molecule has 2 aromatic heterocycles. The highest BCUT2D eigenvalue weighted by Gasteiger charge is 2.14. The van der Waals surface area contributed by atoms with E-state index < -0.39 is 5.91 Å². The Bertz CT molecular complexity index is 841. The highest BCUT2D eigenvalue weighted by atomic mass is 16.5. The van der Waals surface area contributed by atoms with Crippen LogP contribution in [0.25, 0.3) is 5.65 Å². The number of hydrogen-bond acceptors (Lipinski definition) is 5. The second kappa shape index (κ2) is 5.96. The van der Waals surface area contributed by atoms with E-state index in [-0.39, 0.29) is 5.69 Å². The Morgan fingerprint density at radius 3 is 2.70 bits per heavy atom. The summed E-state index contributed by atoms with van der Waals surface area (Å²) in [5.41, 5.74) is 8.19. The van der Waals surface area contributed by atoms with E-state index in [2.05, 4.69) is 10.1 Å². The van der Waals surface area contributed by atoms with Crippen molar-refractivity contribution in [3.63, 3.8) is 0 Å². The fourth-order valence-electron chi connectivity index (χ4n) is 2.44. The third-order valence-corrected chi connectivity index (χ3v) is 3.62. The van der Waals surface area contributed by atoms with Gasteiger partial charge < -0.3 is 15.4 Å². The second-order valence-electron chi connectivity index (χ2n) is 5.16.